The van der Waals surface area contributed by atoms with Crippen molar-refractivity contribution in [3.63, 3.8) is 0 Å². The molecule has 0 aliphatic carbocycles. The molecule has 1 aromatic heterocycles. The van der Waals surface area contributed by atoms with E-state index < -0.39 is 32.4 Å². The van der Waals surface area contributed by atoms with Crippen LogP contribution in [0.5, 0.6) is 0 Å². The summed E-state index contributed by atoms with van der Waals surface area (Å²) in [5, 5.41) is -0.0377. The van der Waals surface area contributed by atoms with E-state index in [1.54, 1.807) is 0 Å². The third-order valence-electron chi connectivity index (χ3n) is 2.76. The number of halogens is 3. The van der Waals surface area contributed by atoms with Crippen molar-refractivity contribution in [2.24, 2.45) is 0 Å². The van der Waals surface area contributed by atoms with Gasteiger partial charge in [0.15, 0.2) is 5.13 Å². The number of sulfonamides is 1. The lowest BCUT2D eigenvalue weighted by Crippen LogP contribution is -2.14. The van der Waals surface area contributed by atoms with E-state index in [0.717, 1.165) is 23.5 Å². The molecular formula is C13H7F3N2O2S2. The maximum atomic E-state index is 13.6. The minimum absolute atomic E-state index is 0.0377. The van der Waals surface area contributed by atoms with Gasteiger partial charge in [0.2, 0.25) is 0 Å². The summed E-state index contributed by atoms with van der Waals surface area (Å²) in [5.41, 5.74) is 0.406. The standard InChI is InChI=1S/C13H7F3N2O2S2/c14-7-2-4-12(9(16)5-7)22(19,20)18-13-17-10-3-1-8(15)6-11(10)21-13/h1-6H,(H,17,18). The lowest BCUT2D eigenvalue weighted by molar-refractivity contribution is 0.551. The summed E-state index contributed by atoms with van der Waals surface area (Å²) in [5.74, 6) is -2.57. The predicted molar refractivity (Wildman–Crippen MR) is 76.7 cm³/mol. The van der Waals surface area contributed by atoms with Gasteiger partial charge in [-0.15, -0.1) is 0 Å². The van der Waals surface area contributed by atoms with Gasteiger partial charge in [0, 0.05) is 6.07 Å². The van der Waals surface area contributed by atoms with E-state index >= 15 is 0 Å². The Morgan fingerprint density at radius 2 is 1.68 bits per heavy atom. The van der Waals surface area contributed by atoms with Gasteiger partial charge in [0.1, 0.15) is 22.3 Å². The van der Waals surface area contributed by atoms with Crippen molar-refractivity contribution in [2.75, 3.05) is 4.72 Å². The van der Waals surface area contributed by atoms with Crippen LogP contribution in [0.1, 0.15) is 0 Å². The first-order chi connectivity index (χ1) is 10.3. The summed E-state index contributed by atoms with van der Waals surface area (Å²) in [7, 11) is -4.26. The second-order valence-corrected chi connectivity index (χ2v) is 6.99. The molecular weight excluding hydrogens is 337 g/mol. The van der Waals surface area contributed by atoms with Gasteiger partial charge in [-0.1, -0.05) is 11.3 Å². The Bertz CT molecular complexity index is 971. The molecule has 114 valence electrons. The number of hydrogen-bond donors (Lipinski definition) is 1. The summed E-state index contributed by atoms with van der Waals surface area (Å²) in [6.07, 6.45) is 0. The fraction of sp³-hybridized carbons (Fsp3) is 0. The Kier molecular flexibility index (Phi) is 3.53. The number of thiazole rings is 1. The first-order valence-electron chi connectivity index (χ1n) is 5.89. The topological polar surface area (TPSA) is 59.1 Å². The van der Waals surface area contributed by atoms with Crippen LogP contribution in [0, 0.1) is 17.5 Å². The van der Waals surface area contributed by atoms with Crippen LogP contribution in [0.15, 0.2) is 41.3 Å². The molecule has 0 atom stereocenters. The fourth-order valence-corrected chi connectivity index (χ4v) is 3.99. The highest BCUT2D eigenvalue weighted by atomic mass is 32.2. The van der Waals surface area contributed by atoms with Crippen LogP contribution in [-0.4, -0.2) is 13.4 Å². The molecule has 0 bridgehead atoms. The van der Waals surface area contributed by atoms with E-state index in [2.05, 4.69) is 9.71 Å². The van der Waals surface area contributed by atoms with Crippen molar-refractivity contribution in [3.8, 4) is 0 Å². The van der Waals surface area contributed by atoms with Crippen LogP contribution in [-0.2, 0) is 10.0 Å². The number of aromatic nitrogens is 1. The lowest BCUT2D eigenvalue weighted by Gasteiger charge is -2.05. The van der Waals surface area contributed by atoms with E-state index in [1.165, 1.54) is 18.2 Å². The molecule has 0 aliphatic rings. The van der Waals surface area contributed by atoms with Crippen molar-refractivity contribution in [1.29, 1.82) is 0 Å². The van der Waals surface area contributed by atoms with E-state index in [-0.39, 0.29) is 5.13 Å². The lowest BCUT2D eigenvalue weighted by atomic mass is 10.3. The van der Waals surface area contributed by atoms with Gasteiger partial charge in [-0.05, 0) is 30.3 Å². The molecule has 1 heterocycles. The van der Waals surface area contributed by atoms with Gasteiger partial charge in [0.05, 0.1) is 10.2 Å². The zero-order valence-corrected chi connectivity index (χ0v) is 12.3. The van der Waals surface area contributed by atoms with Gasteiger partial charge in [-0.25, -0.2) is 26.6 Å². The highest BCUT2D eigenvalue weighted by molar-refractivity contribution is 7.93. The van der Waals surface area contributed by atoms with E-state index in [1.807, 2.05) is 0 Å². The first-order valence-corrected chi connectivity index (χ1v) is 8.19. The summed E-state index contributed by atoms with van der Waals surface area (Å²) in [4.78, 5) is 3.28. The third kappa shape index (κ3) is 2.77. The largest absolute Gasteiger partial charge is 0.266 e. The molecule has 0 saturated heterocycles. The minimum Gasteiger partial charge on any atom is -0.255 e. The number of nitrogens with zero attached hydrogens (tertiary/aromatic N) is 1. The molecule has 4 nitrogen and oxygen atoms in total. The molecule has 0 aliphatic heterocycles. The molecule has 3 aromatic rings. The van der Waals surface area contributed by atoms with Crippen LogP contribution >= 0.6 is 11.3 Å². The third-order valence-corrected chi connectivity index (χ3v) is 5.19. The Morgan fingerprint density at radius 3 is 2.41 bits per heavy atom. The van der Waals surface area contributed by atoms with Crippen molar-refractivity contribution in [3.05, 3.63) is 53.8 Å². The minimum atomic E-state index is -4.26. The predicted octanol–water partition coefficient (Wildman–Crippen LogP) is 3.51. The molecule has 0 fully saturated rings. The van der Waals surface area contributed by atoms with E-state index in [9.17, 15) is 21.6 Å². The maximum absolute atomic E-state index is 13.6. The Hall–Kier alpha value is -2.13. The summed E-state index contributed by atoms with van der Waals surface area (Å²) in [6.45, 7) is 0. The SMILES string of the molecule is O=S(=O)(Nc1nc2ccc(F)cc2s1)c1ccc(F)cc1F. The van der Waals surface area contributed by atoms with E-state index in [4.69, 9.17) is 0 Å². The number of rotatable bonds is 3. The number of benzene rings is 2. The molecule has 0 saturated carbocycles. The van der Waals surface area contributed by atoms with Crippen LogP contribution in [0.2, 0.25) is 0 Å². The molecule has 22 heavy (non-hydrogen) atoms. The number of hydrogen-bond acceptors (Lipinski definition) is 4. The number of anilines is 1. The van der Waals surface area contributed by atoms with Gasteiger partial charge in [0.25, 0.3) is 10.0 Å². The molecule has 3 rings (SSSR count). The number of nitrogens with one attached hydrogen (secondary N) is 1. The molecule has 2 aromatic carbocycles. The molecule has 0 amide bonds. The summed E-state index contributed by atoms with van der Waals surface area (Å²) in [6, 6.07) is 5.94. The van der Waals surface area contributed by atoms with Crippen molar-refractivity contribution in [2.45, 2.75) is 4.90 Å². The average molecular weight is 344 g/mol. The average Bonchev–Trinajstić information content (AvgIpc) is 2.78. The Labute approximate surface area is 127 Å². The van der Waals surface area contributed by atoms with Gasteiger partial charge in [-0.2, -0.15) is 0 Å². The zero-order valence-electron chi connectivity index (χ0n) is 10.7. The van der Waals surface area contributed by atoms with Crippen molar-refractivity contribution < 1.29 is 21.6 Å². The molecule has 1 N–H and O–H groups in total. The highest BCUT2D eigenvalue weighted by Gasteiger charge is 2.21. The van der Waals surface area contributed by atoms with Crippen LogP contribution in [0.3, 0.4) is 0 Å². The second kappa shape index (κ2) is 5.25. The molecule has 0 spiro atoms. The van der Waals surface area contributed by atoms with Crippen LogP contribution < -0.4 is 4.72 Å². The van der Waals surface area contributed by atoms with Crippen LogP contribution in [0.4, 0.5) is 18.3 Å². The summed E-state index contributed by atoms with van der Waals surface area (Å²) >= 11 is 0.904. The van der Waals surface area contributed by atoms with Crippen LogP contribution in [0.25, 0.3) is 10.2 Å². The van der Waals surface area contributed by atoms with Gasteiger partial charge in [-0.3, -0.25) is 4.72 Å². The van der Waals surface area contributed by atoms with E-state index in [0.29, 0.717) is 16.3 Å². The molecule has 0 unspecified atom stereocenters. The highest BCUT2D eigenvalue weighted by Crippen LogP contribution is 2.28. The number of fused-ring (bicyclic) bond motifs is 1. The Morgan fingerprint density at radius 1 is 1.00 bits per heavy atom. The summed E-state index contributed by atoms with van der Waals surface area (Å²) < 4.78 is 66.2. The monoisotopic (exact) mass is 344 g/mol. The first kappa shape index (κ1) is 14.8. The zero-order chi connectivity index (χ0) is 15.9. The normalized spacial score (nSPS) is 11.8. The quantitative estimate of drug-likeness (QED) is 0.791. The molecule has 9 heteroatoms. The van der Waals surface area contributed by atoms with Gasteiger partial charge < -0.3 is 0 Å². The maximum Gasteiger partial charge on any atom is 0.266 e. The van der Waals surface area contributed by atoms with Gasteiger partial charge >= 0.3 is 0 Å². The van der Waals surface area contributed by atoms with Crippen molar-refractivity contribution >= 4 is 36.7 Å². The Balaban J connectivity index is 1.99. The van der Waals surface area contributed by atoms with Crippen molar-refractivity contribution in [1.82, 2.24) is 4.98 Å². The fourth-order valence-electron chi connectivity index (χ4n) is 1.81. The smallest absolute Gasteiger partial charge is 0.255 e. The molecule has 0 radical (unpaired) electrons. The second-order valence-electron chi connectivity index (χ2n) is 4.31.